The van der Waals surface area contributed by atoms with Gasteiger partial charge in [-0.05, 0) is 37.8 Å². The zero-order chi connectivity index (χ0) is 16.2. The lowest BCUT2D eigenvalue weighted by molar-refractivity contribution is 0.0939. The average Bonchev–Trinajstić information content (AvgIpc) is 3.07. The Bertz CT molecular complexity index is 747. The first-order valence-electron chi connectivity index (χ1n) is 8.10. The van der Waals surface area contributed by atoms with Crippen molar-refractivity contribution in [3.8, 4) is 5.69 Å². The lowest BCUT2D eigenvalue weighted by Crippen LogP contribution is -2.34. The Labute approximate surface area is 135 Å². The van der Waals surface area contributed by atoms with Gasteiger partial charge in [0, 0.05) is 18.3 Å². The fraction of sp³-hybridized carbons (Fsp3) is 0.389. The molecule has 0 atom stereocenters. The van der Waals surface area contributed by atoms with Crippen LogP contribution in [0.3, 0.4) is 0 Å². The average molecular weight is 311 g/mol. The van der Waals surface area contributed by atoms with Crippen LogP contribution in [-0.4, -0.2) is 22.2 Å². The maximum Gasteiger partial charge on any atom is 0.275 e. The van der Waals surface area contributed by atoms with E-state index in [4.69, 9.17) is 0 Å². The molecular weight excluding hydrogens is 290 g/mol. The van der Waals surface area contributed by atoms with Gasteiger partial charge in [-0.25, -0.2) is 4.68 Å². The Morgan fingerprint density at radius 1 is 1.26 bits per heavy atom. The fourth-order valence-corrected chi connectivity index (χ4v) is 3.07. The molecule has 5 heteroatoms. The third-order valence-electron chi connectivity index (χ3n) is 4.35. The molecule has 1 saturated carbocycles. The molecule has 1 aromatic heterocycles. The minimum absolute atomic E-state index is 0.0440. The van der Waals surface area contributed by atoms with E-state index in [9.17, 15) is 9.59 Å². The number of aromatic nitrogens is 2. The SMILES string of the molecule is Cc1cc(=O)c(C(=O)NCC2CCCC2)nn1-c1ccccc1. The van der Waals surface area contributed by atoms with Crippen LogP contribution in [0.25, 0.3) is 5.69 Å². The Morgan fingerprint density at radius 3 is 2.65 bits per heavy atom. The Hall–Kier alpha value is -2.43. The number of nitrogens with zero attached hydrogens (tertiary/aromatic N) is 2. The first kappa shape index (κ1) is 15.5. The van der Waals surface area contributed by atoms with Gasteiger partial charge in [-0.2, -0.15) is 5.10 Å². The van der Waals surface area contributed by atoms with E-state index in [0.29, 0.717) is 18.2 Å². The van der Waals surface area contributed by atoms with Crippen molar-refractivity contribution in [3.63, 3.8) is 0 Å². The molecule has 0 aliphatic heterocycles. The van der Waals surface area contributed by atoms with E-state index in [2.05, 4.69) is 10.4 Å². The molecule has 0 saturated heterocycles. The van der Waals surface area contributed by atoms with Gasteiger partial charge in [-0.15, -0.1) is 0 Å². The van der Waals surface area contributed by atoms with Gasteiger partial charge in [-0.1, -0.05) is 31.0 Å². The van der Waals surface area contributed by atoms with Crippen molar-refractivity contribution < 1.29 is 4.79 Å². The molecular formula is C18H21N3O2. The van der Waals surface area contributed by atoms with Gasteiger partial charge < -0.3 is 5.32 Å². The first-order valence-corrected chi connectivity index (χ1v) is 8.10. The van der Waals surface area contributed by atoms with E-state index in [1.54, 1.807) is 4.68 Å². The Kier molecular flexibility index (Phi) is 4.55. The van der Waals surface area contributed by atoms with Crippen molar-refractivity contribution >= 4 is 5.91 Å². The number of hydrogen-bond acceptors (Lipinski definition) is 3. The summed E-state index contributed by atoms with van der Waals surface area (Å²) in [5.74, 6) is 0.146. The highest BCUT2D eigenvalue weighted by atomic mass is 16.2. The van der Waals surface area contributed by atoms with Crippen molar-refractivity contribution in [2.75, 3.05) is 6.54 Å². The van der Waals surface area contributed by atoms with Gasteiger partial charge in [0.25, 0.3) is 5.91 Å². The Morgan fingerprint density at radius 2 is 1.96 bits per heavy atom. The molecule has 3 rings (SSSR count). The predicted molar refractivity (Wildman–Crippen MR) is 88.9 cm³/mol. The summed E-state index contributed by atoms with van der Waals surface area (Å²) in [4.78, 5) is 24.5. The van der Waals surface area contributed by atoms with Gasteiger partial charge >= 0.3 is 0 Å². The quantitative estimate of drug-likeness (QED) is 0.943. The lowest BCUT2D eigenvalue weighted by Gasteiger charge is -2.13. The molecule has 5 nitrogen and oxygen atoms in total. The summed E-state index contributed by atoms with van der Waals surface area (Å²) in [6, 6.07) is 11.0. The van der Waals surface area contributed by atoms with Crippen LogP contribution in [0.1, 0.15) is 41.9 Å². The van der Waals surface area contributed by atoms with Crippen LogP contribution < -0.4 is 10.7 Å². The van der Waals surface area contributed by atoms with Crippen LogP contribution >= 0.6 is 0 Å². The molecule has 0 unspecified atom stereocenters. The minimum atomic E-state index is -0.383. The number of benzene rings is 1. The lowest BCUT2D eigenvalue weighted by atomic mass is 10.1. The van der Waals surface area contributed by atoms with E-state index < -0.39 is 0 Å². The molecule has 2 aromatic rings. The fourth-order valence-electron chi connectivity index (χ4n) is 3.07. The summed E-state index contributed by atoms with van der Waals surface area (Å²) in [6.07, 6.45) is 4.75. The van der Waals surface area contributed by atoms with E-state index in [-0.39, 0.29) is 17.0 Å². The third-order valence-corrected chi connectivity index (χ3v) is 4.35. The smallest absolute Gasteiger partial charge is 0.275 e. The second-order valence-corrected chi connectivity index (χ2v) is 6.11. The number of hydrogen-bond donors (Lipinski definition) is 1. The highest BCUT2D eigenvalue weighted by Gasteiger charge is 2.19. The normalized spacial score (nSPS) is 14.8. The molecule has 1 N–H and O–H groups in total. The van der Waals surface area contributed by atoms with Crippen molar-refractivity contribution in [2.45, 2.75) is 32.6 Å². The van der Waals surface area contributed by atoms with Gasteiger partial charge in [0.2, 0.25) is 5.43 Å². The van der Waals surface area contributed by atoms with E-state index in [1.165, 1.54) is 18.9 Å². The molecule has 1 aliphatic carbocycles. The van der Waals surface area contributed by atoms with Crippen LogP contribution in [0.4, 0.5) is 0 Å². The number of aryl methyl sites for hydroxylation is 1. The molecule has 23 heavy (non-hydrogen) atoms. The van der Waals surface area contributed by atoms with E-state index >= 15 is 0 Å². The summed E-state index contributed by atoms with van der Waals surface area (Å²) in [5.41, 5.74) is 1.15. The molecule has 1 aliphatic rings. The zero-order valence-corrected chi connectivity index (χ0v) is 13.3. The van der Waals surface area contributed by atoms with Gasteiger partial charge in [-0.3, -0.25) is 9.59 Å². The van der Waals surface area contributed by atoms with Crippen molar-refractivity contribution in [1.82, 2.24) is 15.1 Å². The molecule has 0 bridgehead atoms. The number of carbonyl (C=O) groups is 1. The maximum atomic E-state index is 12.3. The van der Waals surface area contributed by atoms with Crippen LogP contribution in [-0.2, 0) is 0 Å². The van der Waals surface area contributed by atoms with Crippen LogP contribution in [0.2, 0.25) is 0 Å². The second-order valence-electron chi connectivity index (χ2n) is 6.11. The van der Waals surface area contributed by atoms with Crippen molar-refractivity contribution in [3.05, 3.63) is 58.0 Å². The summed E-state index contributed by atoms with van der Waals surface area (Å²) < 4.78 is 1.63. The predicted octanol–water partition coefficient (Wildman–Crippen LogP) is 2.46. The third kappa shape index (κ3) is 3.50. The summed E-state index contributed by atoms with van der Waals surface area (Å²) >= 11 is 0. The highest BCUT2D eigenvalue weighted by molar-refractivity contribution is 5.92. The van der Waals surface area contributed by atoms with Crippen LogP contribution in [0, 0.1) is 12.8 Å². The molecule has 1 fully saturated rings. The molecule has 120 valence electrons. The van der Waals surface area contributed by atoms with E-state index in [0.717, 1.165) is 18.5 Å². The van der Waals surface area contributed by atoms with Crippen LogP contribution in [0.15, 0.2) is 41.2 Å². The molecule has 1 aromatic carbocycles. The first-order chi connectivity index (χ1) is 11.1. The number of rotatable bonds is 4. The second kappa shape index (κ2) is 6.77. The standard InChI is InChI=1S/C18H21N3O2/c1-13-11-16(22)17(18(23)19-12-14-7-5-6-8-14)20-21(13)15-9-3-2-4-10-15/h2-4,9-11,14H,5-8,12H2,1H3,(H,19,23). The van der Waals surface area contributed by atoms with E-state index in [1.807, 2.05) is 37.3 Å². The van der Waals surface area contributed by atoms with Crippen molar-refractivity contribution in [1.29, 1.82) is 0 Å². The summed E-state index contributed by atoms with van der Waals surface area (Å²) in [7, 11) is 0. The van der Waals surface area contributed by atoms with Gasteiger partial charge in [0.15, 0.2) is 5.69 Å². The summed E-state index contributed by atoms with van der Waals surface area (Å²) in [6.45, 7) is 2.43. The monoisotopic (exact) mass is 311 g/mol. The number of amides is 1. The Balaban J connectivity index is 1.84. The topological polar surface area (TPSA) is 64.0 Å². The zero-order valence-electron chi connectivity index (χ0n) is 13.3. The molecule has 0 spiro atoms. The number of nitrogens with one attached hydrogen (secondary N) is 1. The van der Waals surface area contributed by atoms with Gasteiger partial charge in [0.05, 0.1) is 5.69 Å². The summed E-state index contributed by atoms with van der Waals surface area (Å²) in [5, 5.41) is 7.14. The molecule has 1 heterocycles. The largest absolute Gasteiger partial charge is 0.350 e. The van der Waals surface area contributed by atoms with Gasteiger partial charge in [0.1, 0.15) is 0 Å². The maximum absolute atomic E-state index is 12.3. The highest BCUT2D eigenvalue weighted by Crippen LogP contribution is 2.23. The number of carbonyl (C=O) groups excluding carboxylic acids is 1. The minimum Gasteiger partial charge on any atom is -0.350 e. The van der Waals surface area contributed by atoms with Crippen molar-refractivity contribution in [2.24, 2.45) is 5.92 Å². The van der Waals surface area contributed by atoms with Crippen LogP contribution in [0.5, 0.6) is 0 Å². The molecule has 1 amide bonds. The molecule has 0 radical (unpaired) electrons. The number of para-hydroxylation sites is 1.